The summed E-state index contributed by atoms with van der Waals surface area (Å²) in [5.41, 5.74) is 3.77. The number of para-hydroxylation sites is 1. The van der Waals surface area contributed by atoms with Crippen molar-refractivity contribution in [2.75, 3.05) is 51.6 Å². The summed E-state index contributed by atoms with van der Waals surface area (Å²) in [6.45, 7) is 7.97. The number of carbonyl (C=O) groups excluding carboxylic acids is 2. The number of likely N-dealkylation sites (N-methyl/N-ethyl adjacent to an activating group) is 1. The monoisotopic (exact) mass is 426 g/mol. The highest BCUT2D eigenvalue weighted by atomic mass is 19.1. The lowest BCUT2D eigenvalue weighted by atomic mass is 10.1. The third kappa shape index (κ3) is 6.60. The Morgan fingerprint density at radius 3 is 2.16 bits per heavy atom. The van der Waals surface area contributed by atoms with Gasteiger partial charge in [0, 0.05) is 45.5 Å². The highest BCUT2D eigenvalue weighted by Crippen LogP contribution is 2.19. The summed E-state index contributed by atoms with van der Waals surface area (Å²) in [6, 6.07) is 12.3. The van der Waals surface area contributed by atoms with Crippen LogP contribution in [0.5, 0.6) is 0 Å². The van der Waals surface area contributed by atoms with Gasteiger partial charge in [-0.3, -0.25) is 19.4 Å². The maximum atomic E-state index is 13.3. The van der Waals surface area contributed by atoms with Crippen LogP contribution in [0.3, 0.4) is 0 Å². The van der Waals surface area contributed by atoms with Gasteiger partial charge in [-0.2, -0.15) is 0 Å². The van der Waals surface area contributed by atoms with Gasteiger partial charge in [-0.15, -0.1) is 0 Å². The Balaban J connectivity index is 1.42. The Hall–Kier alpha value is -2.77. The van der Waals surface area contributed by atoms with Crippen molar-refractivity contribution in [1.82, 2.24) is 14.7 Å². The van der Waals surface area contributed by atoms with Crippen LogP contribution in [0.1, 0.15) is 16.7 Å². The maximum absolute atomic E-state index is 13.3. The number of piperazine rings is 1. The fraction of sp³-hybridized carbons (Fsp3) is 0.417. The van der Waals surface area contributed by atoms with Gasteiger partial charge >= 0.3 is 0 Å². The molecule has 1 fully saturated rings. The predicted octanol–water partition coefficient (Wildman–Crippen LogP) is 2.66. The molecule has 0 atom stereocenters. The molecule has 1 saturated heterocycles. The van der Waals surface area contributed by atoms with Gasteiger partial charge in [0.05, 0.1) is 13.1 Å². The molecular formula is C24H31FN4O2. The van der Waals surface area contributed by atoms with Crippen molar-refractivity contribution in [2.45, 2.75) is 20.4 Å². The van der Waals surface area contributed by atoms with Crippen LogP contribution in [0.15, 0.2) is 42.5 Å². The fourth-order valence-corrected chi connectivity index (χ4v) is 3.81. The van der Waals surface area contributed by atoms with Gasteiger partial charge in [-0.25, -0.2) is 4.39 Å². The van der Waals surface area contributed by atoms with E-state index >= 15 is 0 Å². The van der Waals surface area contributed by atoms with E-state index in [0.29, 0.717) is 19.6 Å². The minimum Gasteiger partial charge on any atom is -0.340 e. The highest BCUT2D eigenvalue weighted by Gasteiger charge is 2.22. The molecule has 0 saturated carbocycles. The molecule has 1 aliphatic rings. The molecule has 31 heavy (non-hydrogen) atoms. The molecule has 0 radical (unpaired) electrons. The van der Waals surface area contributed by atoms with Crippen molar-refractivity contribution in [3.63, 3.8) is 0 Å². The largest absolute Gasteiger partial charge is 0.340 e. The number of aryl methyl sites for hydroxylation is 2. The summed E-state index contributed by atoms with van der Waals surface area (Å²) in [4.78, 5) is 30.9. The second-order valence-electron chi connectivity index (χ2n) is 8.25. The van der Waals surface area contributed by atoms with E-state index < -0.39 is 0 Å². The lowest BCUT2D eigenvalue weighted by molar-refractivity contribution is -0.132. The maximum Gasteiger partial charge on any atom is 0.238 e. The zero-order valence-electron chi connectivity index (χ0n) is 18.5. The average Bonchev–Trinajstić information content (AvgIpc) is 2.72. The summed E-state index contributed by atoms with van der Waals surface area (Å²) in [5, 5.41) is 3.03. The third-order valence-corrected chi connectivity index (χ3v) is 5.67. The van der Waals surface area contributed by atoms with Crippen LogP contribution in [0.4, 0.5) is 10.1 Å². The first kappa shape index (κ1) is 22.9. The molecule has 0 unspecified atom stereocenters. The van der Waals surface area contributed by atoms with Gasteiger partial charge in [-0.1, -0.05) is 30.3 Å². The first-order chi connectivity index (χ1) is 14.8. The smallest absolute Gasteiger partial charge is 0.238 e. The Morgan fingerprint density at radius 1 is 0.968 bits per heavy atom. The number of hydrogen-bond donors (Lipinski definition) is 1. The van der Waals surface area contributed by atoms with E-state index in [9.17, 15) is 14.0 Å². The van der Waals surface area contributed by atoms with E-state index in [-0.39, 0.29) is 17.6 Å². The second kappa shape index (κ2) is 10.5. The number of nitrogens with zero attached hydrogens (tertiary/aromatic N) is 3. The molecule has 7 heteroatoms. The van der Waals surface area contributed by atoms with Crippen LogP contribution >= 0.6 is 0 Å². The lowest BCUT2D eigenvalue weighted by Crippen LogP contribution is -2.51. The SMILES string of the molecule is Cc1cccc(C)c1NC(=O)CN1CCN(CC(=O)N(C)Cc2cccc(F)c2)CC1. The number of anilines is 1. The first-order valence-corrected chi connectivity index (χ1v) is 10.6. The topological polar surface area (TPSA) is 55.9 Å². The molecular weight excluding hydrogens is 395 g/mol. The minimum absolute atomic E-state index is 0.00508. The van der Waals surface area contributed by atoms with Gasteiger partial charge in [0.25, 0.3) is 0 Å². The van der Waals surface area contributed by atoms with E-state index in [0.717, 1.165) is 48.6 Å². The Labute approximate surface area is 183 Å². The number of nitrogens with one attached hydrogen (secondary N) is 1. The van der Waals surface area contributed by atoms with Crippen molar-refractivity contribution in [2.24, 2.45) is 0 Å². The van der Waals surface area contributed by atoms with Crippen LogP contribution < -0.4 is 5.32 Å². The van der Waals surface area contributed by atoms with Crippen molar-refractivity contribution < 1.29 is 14.0 Å². The van der Waals surface area contributed by atoms with Crippen molar-refractivity contribution in [3.05, 3.63) is 65.0 Å². The third-order valence-electron chi connectivity index (χ3n) is 5.67. The van der Waals surface area contributed by atoms with Crippen LogP contribution in [0.25, 0.3) is 0 Å². The first-order valence-electron chi connectivity index (χ1n) is 10.6. The molecule has 1 N–H and O–H groups in total. The Kier molecular flexibility index (Phi) is 7.76. The molecule has 0 aliphatic carbocycles. The van der Waals surface area contributed by atoms with E-state index in [2.05, 4.69) is 15.1 Å². The molecule has 2 aromatic rings. The number of carbonyl (C=O) groups is 2. The van der Waals surface area contributed by atoms with Gasteiger partial charge < -0.3 is 10.2 Å². The molecule has 2 aromatic carbocycles. The van der Waals surface area contributed by atoms with Crippen molar-refractivity contribution >= 4 is 17.5 Å². The van der Waals surface area contributed by atoms with E-state index in [4.69, 9.17) is 0 Å². The summed E-state index contributed by atoms with van der Waals surface area (Å²) in [5.74, 6) is -0.307. The predicted molar refractivity (Wildman–Crippen MR) is 120 cm³/mol. The molecule has 2 amide bonds. The summed E-state index contributed by atoms with van der Waals surface area (Å²) >= 11 is 0. The molecule has 1 heterocycles. The summed E-state index contributed by atoms with van der Waals surface area (Å²) < 4.78 is 13.3. The molecule has 3 rings (SSSR count). The van der Waals surface area contributed by atoms with Gasteiger partial charge in [0.15, 0.2) is 0 Å². The Bertz CT molecular complexity index is 905. The van der Waals surface area contributed by atoms with Gasteiger partial charge in [0.2, 0.25) is 11.8 Å². The number of benzene rings is 2. The van der Waals surface area contributed by atoms with E-state index in [1.54, 1.807) is 18.0 Å². The fourth-order valence-electron chi connectivity index (χ4n) is 3.81. The van der Waals surface area contributed by atoms with Crippen LogP contribution in [-0.2, 0) is 16.1 Å². The molecule has 6 nitrogen and oxygen atoms in total. The van der Waals surface area contributed by atoms with Gasteiger partial charge in [0.1, 0.15) is 5.82 Å². The molecule has 0 aromatic heterocycles. The normalized spacial score (nSPS) is 15.0. The number of amides is 2. The van der Waals surface area contributed by atoms with Crippen LogP contribution in [0, 0.1) is 19.7 Å². The molecule has 0 bridgehead atoms. The Morgan fingerprint density at radius 2 is 1.55 bits per heavy atom. The van der Waals surface area contributed by atoms with Crippen LogP contribution in [0.2, 0.25) is 0 Å². The number of halogens is 1. The minimum atomic E-state index is -0.295. The van der Waals surface area contributed by atoms with Crippen molar-refractivity contribution in [3.8, 4) is 0 Å². The molecule has 1 aliphatic heterocycles. The zero-order valence-corrected chi connectivity index (χ0v) is 18.5. The standard InChI is InChI=1S/C24H31FN4O2/c1-18-6-4-7-19(2)24(18)26-22(30)16-28-10-12-29(13-11-28)17-23(31)27(3)15-20-8-5-9-21(25)14-20/h4-9,14H,10-13,15-17H2,1-3H3,(H,26,30). The average molecular weight is 427 g/mol. The second-order valence-corrected chi connectivity index (χ2v) is 8.25. The molecule has 0 spiro atoms. The highest BCUT2D eigenvalue weighted by molar-refractivity contribution is 5.93. The van der Waals surface area contributed by atoms with E-state index in [1.165, 1.54) is 12.1 Å². The summed E-state index contributed by atoms with van der Waals surface area (Å²) in [6.07, 6.45) is 0. The van der Waals surface area contributed by atoms with Crippen LogP contribution in [-0.4, -0.2) is 72.8 Å². The van der Waals surface area contributed by atoms with E-state index in [1.807, 2.05) is 38.1 Å². The summed E-state index contributed by atoms with van der Waals surface area (Å²) in [7, 11) is 1.74. The zero-order chi connectivity index (χ0) is 22.4. The number of hydrogen-bond acceptors (Lipinski definition) is 4. The molecule has 166 valence electrons. The number of rotatable bonds is 7. The van der Waals surface area contributed by atoms with Gasteiger partial charge in [-0.05, 0) is 42.7 Å². The van der Waals surface area contributed by atoms with Crippen molar-refractivity contribution in [1.29, 1.82) is 0 Å². The quantitative estimate of drug-likeness (QED) is 0.740. The lowest BCUT2D eigenvalue weighted by Gasteiger charge is -2.34.